The number of amidine groups is 1. The monoisotopic (exact) mass is 506 g/mol. The number of aromatic nitrogens is 2. The second kappa shape index (κ2) is 9.29. The van der Waals surface area contributed by atoms with E-state index in [9.17, 15) is 36.7 Å². The van der Waals surface area contributed by atoms with Crippen molar-refractivity contribution in [1.82, 2.24) is 14.0 Å². The van der Waals surface area contributed by atoms with Gasteiger partial charge >= 0.3 is 23.9 Å². The SMILES string of the molecule is CCOC(=O)CN1C(=O)COC1=Nc1cc(-n2c(=O)cc(C(F)(F)F)n(C)c2=O)c(F)cc1Cl. The molecule has 1 aliphatic rings. The quantitative estimate of drug-likeness (QED) is 0.451. The van der Waals surface area contributed by atoms with Crippen LogP contribution in [0, 0.1) is 5.82 Å². The summed E-state index contributed by atoms with van der Waals surface area (Å²) in [7, 11) is 0.765. The van der Waals surface area contributed by atoms with Crippen LogP contribution < -0.4 is 11.2 Å². The summed E-state index contributed by atoms with van der Waals surface area (Å²) in [6.07, 6.45) is -5.00. The maximum absolute atomic E-state index is 14.6. The van der Waals surface area contributed by atoms with E-state index in [4.69, 9.17) is 21.1 Å². The molecule has 1 aromatic carbocycles. The van der Waals surface area contributed by atoms with Crippen LogP contribution in [-0.4, -0.2) is 51.7 Å². The number of rotatable bonds is 5. The lowest BCUT2D eigenvalue weighted by Gasteiger charge is -2.15. The smallest absolute Gasteiger partial charge is 0.431 e. The molecule has 0 spiro atoms. The normalized spacial score (nSPS) is 15.1. The zero-order valence-corrected chi connectivity index (χ0v) is 18.2. The number of halogens is 5. The number of esters is 1. The van der Waals surface area contributed by atoms with Gasteiger partial charge in [-0.2, -0.15) is 18.2 Å². The Hall–Kier alpha value is -3.68. The number of benzene rings is 1. The topological polar surface area (TPSA) is 112 Å². The van der Waals surface area contributed by atoms with Gasteiger partial charge < -0.3 is 9.47 Å². The minimum Gasteiger partial charge on any atom is -0.465 e. The highest BCUT2D eigenvalue weighted by Gasteiger charge is 2.35. The zero-order chi connectivity index (χ0) is 25.4. The molecule has 1 amide bonds. The average Bonchev–Trinajstić information content (AvgIpc) is 3.06. The Kier molecular flexibility index (Phi) is 6.82. The summed E-state index contributed by atoms with van der Waals surface area (Å²) in [5, 5.41) is -0.343. The minimum atomic E-state index is -5.00. The van der Waals surface area contributed by atoms with Gasteiger partial charge in [-0.1, -0.05) is 11.6 Å². The van der Waals surface area contributed by atoms with Gasteiger partial charge in [0.1, 0.15) is 18.1 Å². The van der Waals surface area contributed by atoms with Crippen molar-refractivity contribution in [3.05, 3.63) is 55.6 Å². The fraction of sp³-hybridized carbons (Fsp3) is 0.316. The number of carbonyl (C=O) groups is 2. The molecule has 1 fully saturated rings. The standard InChI is InChI=1S/C19H15ClF4N4O6/c1-3-33-16(31)7-27-15(30)8-34-17(27)25-11-5-12(10(21)4-9(11)20)28-14(29)6-13(19(22,23)24)26(2)18(28)32/h4-6H,3,7-8H2,1-2H3. The fourth-order valence-corrected chi connectivity index (χ4v) is 3.17. The Morgan fingerprint density at radius 3 is 2.53 bits per heavy atom. The first-order valence-electron chi connectivity index (χ1n) is 9.42. The van der Waals surface area contributed by atoms with Crippen LogP contribution in [0.25, 0.3) is 5.69 Å². The first kappa shape index (κ1) is 25.0. The van der Waals surface area contributed by atoms with Crippen molar-refractivity contribution < 1.29 is 36.6 Å². The number of hydrogen-bond acceptors (Lipinski definition) is 7. The lowest BCUT2D eigenvalue weighted by molar-refractivity contribution is -0.146. The largest absolute Gasteiger partial charge is 0.465 e. The summed E-state index contributed by atoms with van der Waals surface area (Å²) in [4.78, 5) is 53.4. The van der Waals surface area contributed by atoms with E-state index in [-0.39, 0.29) is 32.5 Å². The molecule has 15 heteroatoms. The van der Waals surface area contributed by atoms with Gasteiger partial charge in [-0.15, -0.1) is 0 Å². The summed E-state index contributed by atoms with van der Waals surface area (Å²) in [5.74, 6) is -2.61. The van der Waals surface area contributed by atoms with Gasteiger partial charge in [0.2, 0.25) is 0 Å². The van der Waals surface area contributed by atoms with Crippen molar-refractivity contribution >= 4 is 35.2 Å². The lowest BCUT2D eigenvalue weighted by Crippen LogP contribution is -2.41. The molecule has 0 atom stereocenters. The van der Waals surface area contributed by atoms with E-state index in [1.165, 1.54) is 0 Å². The van der Waals surface area contributed by atoms with E-state index >= 15 is 0 Å². The van der Waals surface area contributed by atoms with Crippen molar-refractivity contribution in [3.8, 4) is 5.69 Å². The summed E-state index contributed by atoms with van der Waals surface area (Å²) in [6, 6.07) is 1.23. The van der Waals surface area contributed by atoms with Crippen LogP contribution in [0.15, 0.2) is 32.8 Å². The van der Waals surface area contributed by atoms with Crippen LogP contribution in [0.3, 0.4) is 0 Å². The molecule has 0 radical (unpaired) electrons. The van der Waals surface area contributed by atoms with Gasteiger partial charge in [0.05, 0.1) is 23.0 Å². The Morgan fingerprint density at radius 2 is 1.91 bits per heavy atom. The van der Waals surface area contributed by atoms with E-state index in [2.05, 4.69) is 4.99 Å². The van der Waals surface area contributed by atoms with Crippen molar-refractivity contribution in [2.75, 3.05) is 19.8 Å². The highest BCUT2D eigenvalue weighted by atomic mass is 35.5. The number of nitrogens with zero attached hydrogens (tertiary/aromatic N) is 4. The van der Waals surface area contributed by atoms with E-state index in [1.807, 2.05) is 0 Å². The van der Waals surface area contributed by atoms with Crippen LogP contribution in [0.4, 0.5) is 23.2 Å². The minimum absolute atomic E-state index is 0.0538. The molecule has 0 bridgehead atoms. The first-order chi connectivity index (χ1) is 15.8. The summed E-state index contributed by atoms with van der Waals surface area (Å²) in [6.45, 7) is 0.597. The molecule has 2 aromatic rings. The number of amides is 1. The van der Waals surface area contributed by atoms with Gasteiger partial charge in [0, 0.05) is 13.1 Å². The maximum atomic E-state index is 14.6. The fourth-order valence-electron chi connectivity index (χ4n) is 2.98. The molecule has 1 saturated heterocycles. The molecule has 0 unspecified atom stereocenters. The number of hydrogen-bond donors (Lipinski definition) is 0. The summed E-state index contributed by atoms with van der Waals surface area (Å²) >= 11 is 5.99. The first-order valence-corrected chi connectivity index (χ1v) is 9.80. The second-order valence-corrected chi connectivity index (χ2v) is 7.17. The van der Waals surface area contributed by atoms with Gasteiger partial charge in [-0.25, -0.2) is 13.8 Å². The molecule has 0 aliphatic carbocycles. The lowest BCUT2D eigenvalue weighted by atomic mass is 10.2. The highest BCUT2D eigenvalue weighted by molar-refractivity contribution is 6.33. The molecule has 3 rings (SSSR count). The van der Waals surface area contributed by atoms with Crippen molar-refractivity contribution in [1.29, 1.82) is 0 Å². The molecule has 0 N–H and O–H groups in total. The predicted molar refractivity (Wildman–Crippen MR) is 109 cm³/mol. The zero-order valence-electron chi connectivity index (χ0n) is 17.5. The third-order valence-corrected chi connectivity index (χ3v) is 4.84. The van der Waals surface area contributed by atoms with Crippen LogP contribution in [0.1, 0.15) is 12.6 Å². The third-order valence-electron chi connectivity index (χ3n) is 4.53. The Labute approximate surface area is 192 Å². The third kappa shape index (κ3) is 4.81. The molecule has 1 aliphatic heterocycles. The van der Waals surface area contributed by atoms with Crippen LogP contribution in [0.2, 0.25) is 5.02 Å². The molecule has 2 heterocycles. The number of alkyl halides is 3. The molecule has 182 valence electrons. The van der Waals surface area contributed by atoms with Gasteiger partial charge in [0.15, 0.2) is 6.61 Å². The van der Waals surface area contributed by atoms with Gasteiger partial charge in [-0.3, -0.25) is 23.9 Å². The van der Waals surface area contributed by atoms with Crippen LogP contribution in [0.5, 0.6) is 0 Å². The molecule has 0 saturated carbocycles. The number of ether oxygens (including phenoxy) is 2. The van der Waals surface area contributed by atoms with E-state index in [1.54, 1.807) is 6.92 Å². The maximum Gasteiger partial charge on any atom is 0.431 e. The second-order valence-electron chi connectivity index (χ2n) is 6.77. The Morgan fingerprint density at radius 1 is 1.24 bits per heavy atom. The van der Waals surface area contributed by atoms with Crippen LogP contribution in [-0.2, 0) is 32.3 Å². The van der Waals surface area contributed by atoms with Crippen molar-refractivity contribution in [2.24, 2.45) is 12.0 Å². The molecular formula is C19H15ClF4N4O6. The van der Waals surface area contributed by atoms with E-state index in [0.717, 1.165) is 18.0 Å². The molecular weight excluding hydrogens is 492 g/mol. The van der Waals surface area contributed by atoms with Crippen molar-refractivity contribution in [2.45, 2.75) is 13.1 Å². The van der Waals surface area contributed by atoms with E-state index in [0.29, 0.717) is 6.07 Å². The summed E-state index contributed by atoms with van der Waals surface area (Å²) in [5.41, 5.74) is -5.50. The predicted octanol–water partition coefficient (Wildman–Crippen LogP) is 1.76. The van der Waals surface area contributed by atoms with Crippen LogP contribution >= 0.6 is 11.6 Å². The van der Waals surface area contributed by atoms with Crippen molar-refractivity contribution in [3.63, 3.8) is 0 Å². The molecule has 10 nitrogen and oxygen atoms in total. The highest BCUT2D eigenvalue weighted by Crippen LogP contribution is 2.31. The average molecular weight is 507 g/mol. The number of aliphatic imine (C=N–C) groups is 1. The molecule has 34 heavy (non-hydrogen) atoms. The Balaban J connectivity index is 2.12. The molecule has 1 aromatic heterocycles. The van der Waals surface area contributed by atoms with Gasteiger partial charge in [-0.05, 0) is 19.1 Å². The summed E-state index contributed by atoms with van der Waals surface area (Å²) < 4.78 is 64.1. The van der Waals surface area contributed by atoms with Gasteiger partial charge in [0.25, 0.3) is 11.5 Å². The number of carbonyl (C=O) groups excluding carboxylic acids is 2. The Bertz CT molecular complexity index is 1320. The van der Waals surface area contributed by atoms with E-state index < -0.39 is 65.7 Å².